The fourth-order valence-electron chi connectivity index (χ4n) is 2.18. The Balaban J connectivity index is 1.88. The van der Waals surface area contributed by atoms with Crippen LogP contribution >= 0.6 is 0 Å². The van der Waals surface area contributed by atoms with Crippen LogP contribution in [-0.4, -0.2) is 17.6 Å². The number of fused-ring (bicyclic) bond motifs is 1. The van der Waals surface area contributed by atoms with Crippen LogP contribution in [0.25, 0.3) is 22.6 Å². The first kappa shape index (κ1) is 14.1. The van der Waals surface area contributed by atoms with E-state index in [1.807, 2.05) is 55.5 Å². The molecule has 0 unspecified atom stereocenters. The standard InChI is InChI=1S/C17H16N2O3/c1-2-18-17(20)21-11-12-7-3-4-8-13(12)16-19-14-9-5-6-10-15(14)22-16/h3-10H,2,11H2,1H3,(H,18,20). The smallest absolute Gasteiger partial charge is 0.407 e. The number of hydrogen-bond donors (Lipinski definition) is 1. The van der Waals surface area contributed by atoms with Crippen LogP contribution in [0.2, 0.25) is 0 Å². The van der Waals surface area contributed by atoms with Crippen molar-refractivity contribution in [1.29, 1.82) is 0 Å². The predicted octanol–water partition coefficient (Wildman–Crippen LogP) is 3.74. The number of aromatic nitrogens is 1. The number of para-hydroxylation sites is 2. The van der Waals surface area contributed by atoms with Crippen molar-refractivity contribution in [3.05, 3.63) is 54.1 Å². The van der Waals surface area contributed by atoms with E-state index in [0.717, 1.165) is 22.2 Å². The highest BCUT2D eigenvalue weighted by Gasteiger charge is 2.13. The third-order valence-electron chi connectivity index (χ3n) is 3.22. The van der Waals surface area contributed by atoms with Gasteiger partial charge in [-0.1, -0.05) is 30.3 Å². The van der Waals surface area contributed by atoms with Crippen LogP contribution < -0.4 is 5.32 Å². The number of ether oxygens (including phenoxy) is 1. The van der Waals surface area contributed by atoms with Crippen molar-refractivity contribution in [2.75, 3.05) is 6.54 Å². The Kier molecular flexibility index (Phi) is 4.05. The van der Waals surface area contributed by atoms with Crippen molar-refractivity contribution in [2.24, 2.45) is 0 Å². The summed E-state index contributed by atoms with van der Waals surface area (Å²) in [5.74, 6) is 0.524. The van der Waals surface area contributed by atoms with Crippen molar-refractivity contribution < 1.29 is 13.9 Å². The number of benzene rings is 2. The molecule has 3 rings (SSSR count). The van der Waals surface area contributed by atoms with Crippen LogP contribution in [0.5, 0.6) is 0 Å². The zero-order valence-corrected chi connectivity index (χ0v) is 12.2. The van der Waals surface area contributed by atoms with Crippen molar-refractivity contribution in [1.82, 2.24) is 10.3 Å². The lowest BCUT2D eigenvalue weighted by molar-refractivity contribution is 0.140. The summed E-state index contributed by atoms with van der Waals surface area (Å²) in [6.07, 6.45) is -0.435. The van der Waals surface area contributed by atoms with Gasteiger partial charge in [0.2, 0.25) is 5.89 Å². The van der Waals surface area contributed by atoms with E-state index in [4.69, 9.17) is 9.15 Å². The zero-order chi connectivity index (χ0) is 15.4. The molecule has 0 aliphatic heterocycles. The van der Waals surface area contributed by atoms with E-state index in [0.29, 0.717) is 12.4 Å². The molecule has 1 aromatic heterocycles. The van der Waals surface area contributed by atoms with Crippen molar-refractivity contribution in [3.8, 4) is 11.5 Å². The number of carbonyl (C=O) groups is 1. The number of rotatable bonds is 4. The third kappa shape index (κ3) is 2.93. The van der Waals surface area contributed by atoms with Crippen molar-refractivity contribution in [2.45, 2.75) is 13.5 Å². The van der Waals surface area contributed by atoms with Gasteiger partial charge in [0.15, 0.2) is 5.58 Å². The SMILES string of the molecule is CCNC(=O)OCc1ccccc1-c1nc2ccccc2o1. The molecule has 22 heavy (non-hydrogen) atoms. The van der Waals surface area contributed by atoms with E-state index in [2.05, 4.69) is 10.3 Å². The molecule has 1 amide bonds. The van der Waals surface area contributed by atoms with Gasteiger partial charge in [-0.15, -0.1) is 0 Å². The summed E-state index contributed by atoms with van der Waals surface area (Å²) in [6.45, 7) is 2.54. The number of hydrogen-bond acceptors (Lipinski definition) is 4. The van der Waals surface area contributed by atoms with Crippen LogP contribution in [0.15, 0.2) is 52.9 Å². The number of nitrogens with zero attached hydrogens (tertiary/aromatic N) is 1. The molecule has 1 heterocycles. The second-order valence-electron chi connectivity index (χ2n) is 4.75. The Bertz CT molecular complexity index is 762. The van der Waals surface area contributed by atoms with Gasteiger partial charge in [-0.3, -0.25) is 0 Å². The average molecular weight is 296 g/mol. The quantitative estimate of drug-likeness (QED) is 0.796. The van der Waals surface area contributed by atoms with Crippen LogP contribution in [0, 0.1) is 0 Å². The maximum Gasteiger partial charge on any atom is 0.407 e. The van der Waals surface area contributed by atoms with Gasteiger partial charge < -0.3 is 14.5 Å². The highest BCUT2D eigenvalue weighted by Crippen LogP contribution is 2.27. The molecule has 0 atom stereocenters. The third-order valence-corrected chi connectivity index (χ3v) is 3.22. The summed E-state index contributed by atoms with van der Waals surface area (Å²) < 4.78 is 11.0. The molecular formula is C17H16N2O3. The molecule has 0 saturated carbocycles. The van der Waals surface area contributed by atoms with Gasteiger partial charge in [-0.05, 0) is 25.1 Å². The second-order valence-corrected chi connectivity index (χ2v) is 4.75. The van der Waals surface area contributed by atoms with Crippen LogP contribution in [0.1, 0.15) is 12.5 Å². The molecule has 0 saturated heterocycles. The average Bonchev–Trinajstić information content (AvgIpc) is 2.97. The summed E-state index contributed by atoms with van der Waals surface area (Å²) in [5.41, 5.74) is 3.21. The minimum absolute atomic E-state index is 0.167. The van der Waals surface area contributed by atoms with Gasteiger partial charge in [0.25, 0.3) is 0 Å². The first-order valence-electron chi connectivity index (χ1n) is 7.12. The summed E-state index contributed by atoms with van der Waals surface area (Å²) >= 11 is 0. The Morgan fingerprint density at radius 3 is 2.77 bits per heavy atom. The lowest BCUT2D eigenvalue weighted by atomic mass is 10.1. The molecular weight excluding hydrogens is 280 g/mol. The normalized spacial score (nSPS) is 10.6. The molecule has 5 nitrogen and oxygen atoms in total. The first-order valence-corrected chi connectivity index (χ1v) is 7.12. The van der Waals surface area contributed by atoms with E-state index < -0.39 is 6.09 Å². The van der Waals surface area contributed by atoms with Crippen molar-refractivity contribution in [3.63, 3.8) is 0 Å². The van der Waals surface area contributed by atoms with Crippen LogP contribution in [0.4, 0.5) is 4.79 Å². The molecule has 1 N–H and O–H groups in total. The van der Waals surface area contributed by atoms with Gasteiger partial charge in [-0.2, -0.15) is 0 Å². The van der Waals surface area contributed by atoms with E-state index in [1.165, 1.54) is 0 Å². The number of amides is 1. The first-order chi connectivity index (χ1) is 10.8. The fourth-order valence-corrected chi connectivity index (χ4v) is 2.18. The lowest BCUT2D eigenvalue weighted by Gasteiger charge is -2.08. The van der Waals surface area contributed by atoms with E-state index in [-0.39, 0.29) is 6.61 Å². The number of nitrogens with one attached hydrogen (secondary N) is 1. The van der Waals surface area contributed by atoms with Crippen molar-refractivity contribution >= 4 is 17.2 Å². The van der Waals surface area contributed by atoms with Gasteiger partial charge in [-0.25, -0.2) is 9.78 Å². The Hall–Kier alpha value is -2.82. The number of carbonyl (C=O) groups excluding carboxylic acids is 1. The molecule has 5 heteroatoms. The summed E-state index contributed by atoms with van der Waals surface area (Å²) in [6, 6.07) is 15.2. The minimum atomic E-state index is -0.435. The molecule has 0 fully saturated rings. The highest BCUT2D eigenvalue weighted by molar-refractivity contribution is 5.76. The molecule has 3 aromatic rings. The van der Waals surface area contributed by atoms with Gasteiger partial charge in [0.05, 0.1) is 0 Å². The number of oxazole rings is 1. The van der Waals surface area contributed by atoms with E-state index in [9.17, 15) is 4.79 Å². The zero-order valence-electron chi connectivity index (χ0n) is 12.2. The molecule has 0 bridgehead atoms. The predicted molar refractivity (Wildman–Crippen MR) is 83.3 cm³/mol. The van der Waals surface area contributed by atoms with E-state index in [1.54, 1.807) is 0 Å². The molecule has 2 aromatic carbocycles. The molecule has 0 radical (unpaired) electrons. The number of alkyl carbamates (subject to hydrolysis) is 1. The monoisotopic (exact) mass is 296 g/mol. The largest absolute Gasteiger partial charge is 0.445 e. The lowest BCUT2D eigenvalue weighted by Crippen LogP contribution is -2.23. The maximum absolute atomic E-state index is 11.4. The van der Waals surface area contributed by atoms with Crippen LogP contribution in [-0.2, 0) is 11.3 Å². The Labute approximate surface area is 127 Å². The summed E-state index contributed by atoms with van der Waals surface area (Å²) in [7, 11) is 0. The molecule has 112 valence electrons. The maximum atomic E-state index is 11.4. The Morgan fingerprint density at radius 2 is 1.95 bits per heavy atom. The highest BCUT2D eigenvalue weighted by atomic mass is 16.5. The minimum Gasteiger partial charge on any atom is -0.445 e. The van der Waals surface area contributed by atoms with Gasteiger partial charge in [0, 0.05) is 17.7 Å². The fraction of sp³-hybridized carbons (Fsp3) is 0.176. The Morgan fingerprint density at radius 1 is 1.18 bits per heavy atom. The topological polar surface area (TPSA) is 64.4 Å². The van der Waals surface area contributed by atoms with Gasteiger partial charge in [0.1, 0.15) is 12.1 Å². The van der Waals surface area contributed by atoms with E-state index >= 15 is 0 Å². The summed E-state index contributed by atoms with van der Waals surface area (Å²) in [4.78, 5) is 15.9. The van der Waals surface area contributed by atoms with Gasteiger partial charge >= 0.3 is 6.09 Å². The van der Waals surface area contributed by atoms with Crippen LogP contribution in [0.3, 0.4) is 0 Å². The molecule has 0 aliphatic rings. The molecule has 0 spiro atoms. The second kappa shape index (κ2) is 6.30. The summed E-state index contributed by atoms with van der Waals surface area (Å²) in [5, 5.41) is 2.60. The molecule has 0 aliphatic carbocycles.